The van der Waals surface area contributed by atoms with E-state index in [4.69, 9.17) is 4.42 Å². The van der Waals surface area contributed by atoms with Gasteiger partial charge in [-0.25, -0.2) is 4.98 Å². The Morgan fingerprint density at radius 2 is 1.89 bits per heavy atom. The number of thioether (sulfide) groups is 1. The molecule has 0 aliphatic heterocycles. The quantitative estimate of drug-likeness (QED) is 0.424. The second-order valence-electron chi connectivity index (χ2n) is 6.67. The van der Waals surface area contributed by atoms with Crippen LogP contribution in [-0.2, 0) is 6.54 Å². The highest BCUT2D eigenvalue weighted by Crippen LogP contribution is 2.25. The summed E-state index contributed by atoms with van der Waals surface area (Å²) in [7, 11) is 0. The Labute approximate surface area is 175 Å². The van der Waals surface area contributed by atoms with Gasteiger partial charge in [-0.2, -0.15) is 0 Å². The number of aliphatic hydroxyl groups is 1. The first-order valence-corrected chi connectivity index (χ1v) is 10.6. The Kier molecular flexibility index (Phi) is 5.52. The van der Waals surface area contributed by atoms with Gasteiger partial charge >= 0.3 is 0 Å². The van der Waals surface area contributed by atoms with Crippen LogP contribution in [0.4, 0.5) is 0 Å². The van der Waals surface area contributed by atoms with E-state index in [1.54, 1.807) is 6.33 Å². The maximum Gasteiger partial charge on any atom is 0.276 e. The van der Waals surface area contributed by atoms with Gasteiger partial charge in [-0.05, 0) is 61.4 Å². The van der Waals surface area contributed by atoms with Crippen molar-refractivity contribution in [3.05, 3.63) is 58.3 Å². The number of aromatic nitrogens is 4. The van der Waals surface area contributed by atoms with Crippen molar-refractivity contribution in [3.63, 3.8) is 0 Å². The molecular weight excluding hydrogens is 440 g/mol. The lowest BCUT2D eigenvalue weighted by molar-refractivity contribution is 0.179. The van der Waals surface area contributed by atoms with Crippen LogP contribution in [0, 0.1) is 13.8 Å². The minimum absolute atomic E-state index is 0.443. The van der Waals surface area contributed by atoms with E-state index in [0.717, 1.165) is 21.1 Å². The summed E-state index contributed by atoms with van der Waals surface area (Å²) in [6.07, 6.45) is 1.21. The lowest BCUT2D eigenvalue weighted by Crippen LogP contribution is -2.18. The molecule has 1 atom stereocenters. The summed E-state index contributed by atoms with van der Waals surface area (Å²) in [5.74, 6) is 0.919. The highest BCUT2D eigenvalue weighted by atomic mass is 79.9. The predicted octanol–water partition coefficient (Wildman–Crippen LogP) is 4.62. The van der Waals surface area contributed by atoms with Crippen molar-refractivity contribution < 1.29 is 9.52 Å². The fourth-order valence-corrected chi connectivity index (χ4v) is 3.82. The van der Waals surface area contributed by atoms with Crippen LogP contribution in [0.3, 0.4) is 0 Å². The Morgan fingerprint density at radius 1 is 1.14 bits per heavy atom. The molecular formula is C20H19BrN4O2S. The zero-order valence-corrected chi connectivity index (χ0v) is 17.9. The molecule has 0 saturated heterocycles. The van der Waals surface area contributed by atoms with E-state index in [0.29, 0.717) is 23.4 Å². The van der Waals surface area contributed by atoms with E-state index in [9.17, 15) is 5.11 Å². The first-order valence-electron chi connectivity index (χ1n) is 8.82. The molecule has 144 valence electrons. The number of fused-ring (bicyclic) bond motifs is 1. The number of nitrogens with zero attached hydrogens (tertiary/aromatic N) is 4. The summed E-state index contributed by atoms with van der Waals surface area (Å²) in [5.41, 5.74) is 5.26. The van der Waals surface area contributed by atoms with Gasteiger partial charge < -0.3 is 14.1 Å². The number of hydrogen-bond donors (Lipinski definition) is 1. The minimum atomic E-state index is -0.563. The second kappa shape index (κ2) is 8.06. The molecule has 0 amide bonds. The molecule has 2 aromatic heterocycles. The maximum atomic E-state index is 10.5. The van der Waals surface area contributed by atoms with Crippen molar-refractivity contribution in [2.75, 3.05) is 5.75 Å². The molecule has 4 rings (SSSR count). The largest absolute Gasteiger partial charge is 0.411 e. The van der Waals surface area contributed by atoms with Gasteiger partial charge in [0.25, 0.3) is 5.22 Å². The van der Waals surface area contributed by atoms with Crippen molar-refractivity contribution in [2.24, 2.45) is 0 Å². The average Bonchev–Trinajstić information content (AvgIpc) is 3.29. The monoisotopic (exact) mass is 458 g/mol. The maximum absolute atomic E-state index is 10.5. The molecule has 2 aromatic carbocycles. The third kappa shape index (κ3) is 4.14. The highest BCUT2D eigenvalue weighted by Gasteiger charge is 2.14. The van der Waals surface area contributed by atoms with Gasteiger partial charge in [0.05, 0.1) is 30.0 Å². The zero-order chi connectivity index (χ0) is 19.7. The van der Waals surface area contributed by atoms with Crippen LogP contribution in [0.25, 0.3) is 22.5 Å². The van der Waals surface area contributed by atoms with Crippen LogP contribution >= 0.6 is 27.7 Å². The molecule has 0 spiro atoms. The summed E-state index contributed by atoms with van der Waals surface area (Å²) in [6, 6.07) is 11.9. The van der Waals surface area contributed by atoms with Gasteiger partial charge in [0.2, 0.25) is 5.89 Å². The van der Waals surface area contributed by atoms with Gasteiger partial charge in [0.15, 0.2) is 0 Å². The average molecular weight is 459 g/mol. The highest BCUT2D eigenvalue weighted by molar-refractivity contribution is 9.10. The van der Waals surface area contributed by atoms with Crippen LogP contribution in [0.5, 0.6) is 0 Å². The molecule has 0 fully saturated rings. The Hall–Kier alpha value is -2.16. The Morgan fingerprint density at radius 3 is 2.68 bits per heavy atom. The van der Waals surface area contributed by atoms with Crippen LogP contribution in [-0.4, -0.2) is 36.7 Å². The molecule has 0 radical (unpaired) electrons. The summed E-state index contributed by atoms with van der Waals surface area (Å²) in [6.45, 7) is 4.61. The van der Waals surface area contributed by atoms with Crippen LogP contribution in [0.15, 0.2) is 56.8 Å². The first-order chi connectivity index (χ1) is 13.5. The molecule has 8 heteroatoms. The standard InChI is InChI=1S/C20H19BrN4O2S/c1-12-7-17-18(8-13(12)2)25(11-22-17)9-16(26)10-28-20-24-23-19(27-20)14-3-5-15(21)6-4-14/h3-8,11,16,26H,9-10H2,1-2H3. The second-order valence-corrected chi connectivity index (χ2v) is 8.55. The minimum Gasteiger partial charge on any atom is -0.411 e. The molecule has 0 aliphatic rings. The third-order valence-electron chi connectivity index (χ3n) is 4.54. The van der Waals surface area contributed by atoms with Crippen molar-refractivity contribution in [2.45, 2.75) is 31.7 Å². The third-order valence-corrected chi connectivity index (χ3v) is 6.03. The number of hydrogen-bond acceptors (Lipinski definition) is 6. The van der Waals surface area contributed by atoms with E-state index in [1.807, 2.05) is 28.8 Å². The van der Waals surface area contributed by atoms with E-state index in [2.05, 4.69) is 57.1 Å². The van der Waals surface area contributed by atoms with Crippen molar-refractivity contribution in [1.29, 1.82) is 0 Å². The summed E-state index contributed by atoms with van der Waals surface area (Å²) < 4.78 is 8.66. The topological polar surface area (TPSA) is 77.0 Å². The lowest BCUT2D eigenvalue weighted by Gasteiger charge is -2.11. The molecule has 0 bridgehead atoms. The molecule has 1 N–H and O–H groups in total. The van der Waals surface area contributed by atoms with E-state index >= 15 is 0 Å². The number of aryl methyl sites for hydroxylation is 2. The smallest absolute Gasteiger partial charge is 0.276 e. The molecule has 6 nitrogen and oxygen atoms in total. The number of halogens is 1. The normalized spacial score (nSPS) is 12.6. The van der Waals surface area contributed by atoms with E-state index < -0.39 is 6.10 Å². The summed E-state index contributed by atoms with van der Waals surface area (Å²) in [4.78, 5) is 4.44. The Balaban J connectivity index is 1.39. The fraction of sp³-hybridized carbons (Fsp3) is 0.250. The molecule has 0 saturated carbocycles. The summed E-state index contributed by atoms with van der Waals surface area (Å²) >= 11 is 4.75. The number of aliphatic hydroxyl groups excluding tert-OH is 1. The van der Waals surface area contributed by atoms with E-state index in [-0.39, 0.29) is 0 Å². The van der Waals surface area contributed by atoms with Crippen molar-refractivity contribution in [3.8, 4) is 11.5 Å². The molecule has 2 heterocycles. The van der Waals surface area contributed by atoms with Crippen LogP contribution in [0.2, 0.25) is 0 Å². The zero-order valence-electron chi connectivity index (χ0n) is 15.5. The fourth-order valence-electron chi connectivity index (χ4n) is 2.88. The van der Waals surface area contributed by atoms with Gasteiger partial charge in [-0.15, -0.1) is 10.2 Å². The van der Waals surface area contributed by atoms with Crippen LogP contribution < -0.4 is 0 Å². The molecule has 0 aliphatic carbocycles. The predicted molar refractivity (Wildman–Crippen MR) is 113 cm³/mol. The SMILES string of the molecule is Cc1cc2ncn(CC(O)CSc3nnc(-c4ccc(Br)cc4)o3)c2cc1C. The number of imidazole rings is 1. The Bertz CT molecular complexity index is 1110. The van der Waals surface area contributed by atoms with E-state index in [1.165, 1.54) is 22.9 Å². The van der Waals surface area contributed by atoms with Gasteiger partial charge in [-0.1, -0.05) is 27.7 Å². The lowest BCUT2D eigenvalue weighted by atomic mass is 10.1. The molecule has 4 aromatic rings. The van der Waals surface area contributed by atoms with Gasteiger partial charge in [0, 0.05) is 15.8 Å². The first kappa shape index (κ1) is 19.2. The number of benzene rings is 2. The van der Waals surface area contributed by atoms with Crippen LogP contribution in [0.1, 0.15) is 11.1 Å². The van der Waals surface area contributed by atoms with Crippen molar-refractivity contribution in [1.82, 2.24) is 19.7 Å². The molecule has 1 unspecified atom stereocenters. The summed E-state index contributed by atoms with van der Waals surface area (Å²) in [5, 5.41) is 19.0. The number of rotatable bonds is 6. The van der Waals surface area contributed by atoms with Crippen molar-refractivity contribution >= 4 is 38.7 Å². The molecule has 28 heavy (non-hydrogen) atoms. The van der Waals surface area contributed by atoms with Gasteiger partial charge in [-0.3, -0.25) is 0 Å². The van der Waals surface area contributed by atoms with Gasteiger partial charge in [0.1, 0.15) is 0 Å².